The molecule has 2 rings (SSSR count). The van der Waals surface area contributed by atoms with Crippen LogP contribution >= 0.6 is 0 Å². The normalized spacial score (nSPS) is 31.1. The zero-order valence-corrected chi connectivity index (χ0v) is 18.6. The molecule has 0 saturated carbocycles. The maximum atomic E-state index is 5.91. The van der Waals surface area contributed by atoms with Gasteiger partial charge < -0.3 is 9.47 Å². The molecule has 2 unspecified atom stereocenters. The summed E-state index contributed by atoms with van der Waals surface area (Å²) in [5.41, 5.74) is -0.222. The van der Waals surface area contributed by atoms with Gasteiger partial charge in [-0.2, -0.15) is 0 Å². The molecule has 0 radical (unpaired) electrons. The van der Waals surface area contributed by atoms with Gasteiger partial charge in [-0.05, 0) is 40.5 Å². The van der Waals surface area contributed by atoms with Crippen LogP contribution in [0.1, 0.15) is 40.5 Å². The summed E-state index contributed by atoms with van der Waals surface area (Å²) in [6.45, 7) is 15.1. The highest BCUT2D eigenvalue weighted by Gasteiger charge is 2.31. The van der Waals surface area contributed by atoms with Gasteiger partial charge in [0.1, 0.15) is 0 Å². The van der Waals surface area contributed by atoms with Crippen molar-refractivity contribution in [2.45, 2.75) is 64.8 Å². The van der Waals surface area contributed by atoms with Crippen LogP contribution in [-0.4, -0.2) is 41.0 Å². The van der Waals surface area contributed by atoms with E-state index in [0.717, 1.165) is 26.1 Å². The Hall–Kier alpha value is -0.686. The topological polar surface area (TPSA) is 18.5 Å². The first-order valence-corrected chi connectivity index (χ1v) is 15.5. The number of hydrogen-bond donors (Lipinski definition) is 0. The summed E-state index contributed by atoms with van der Waals surface area (Å²) >= 11 is 0. The largest absolute Gasteiger partial charge is 0.371 e. The maximum absolute atomic E-state index is 5.91. The summed E-state index contributed by atoms with van der Waals surface area (Å²) < 4.78 is 11.8. The van der Waals surface area contributed by atoms with Gasteiger partial charge in [-0.15, -0.1) is 0 Å². The summed E-state index contributed by atoms with van der Waals surface area (Å²) in [7, 11) is -1.78. The summed E-state index contributed by atoms with van der Waals surface area (Å²) in [5, 5.41) is 3.23. The third kappa shape index (κ3) is 4.69. The Balaban J connectivity index is 2.15. The molecule has 2 aliphatic rings. The molecular formula is C20H34O2Si2. The molecule has 0 saturated heterocycles. The first kappa shape index (κ1) is 19.6. The van der Waals surface area contributed by atoms with E-state index in [1.807, 2.05) is 0 Å². The molecule has 0 aromatic heterocycles. The van der Waals surface area contributed by atoms with Crippen molar-refractivity contribution in [3.8, 4) is 0 Å². The molecule has 0 spiro atoms. The summed E-state index contributed by atoms with van der Waals surface area (Å²) in [6.07, 6.45) is 16.3. The van der Waals surface area contributed by atoms with Gasteiger partial charge in [0, 0.05) is 21.5 Å². The van der Waals surface area contributed by atoms with Gasteiger partial charge in [-0.3, -0.25) is 0 Å². The highest BCUT2D eigenvalue weighted by atomic mass is 29.2. The lowest BCUT2D eigenvalue weighted by Gasteiger charge is -2.33. The molecule has 2 aliphatic carbocycles. The van der Waals surface area contributed by atoms with Gasteiger partial charge in [0.15, 0.2) is 0 Å². The van der Waals surface area contributed by atoms with E-state index in [1.54, 1.807) is 10.4 Å². The average molecular weight is 363 g/mol. The van der Waals surface area contributed by atoms with Crippen LogP contribution in [0.5, 0.6) is 0 Å². The van der Waals surface area contributed by atoms with E-state index in [-0.39, 0.29) is 11.2 Å². The molecule has 0 heterocycles. The van der Waals surface area contributed by atoms with Crippen LogP contribution in [-0.2, 0) is 9.47 Å². The van der Waals surface area contributed by atoms with Crippen LogP contribution in [0, 0.1) is 0 Å². The van der Waals surface area contributed by atoms with E-state index in [2.05, 4.69) is 77.2 Å². The molecule has 0 aliphatic heterocycles. The summed E-state index contributed by atoms with van der Waals surface area (Å²) in [4.78, 5) is 0. The molecule has 4 heteroatoms. The third-order valence-corrected chi connectivity index (χ3v) is 15.0. The molecule has 0 aromatic carbocycles. The van der Waals surface area contributed by atoms with Crippen molar-refractivity contribution in [1.29, 1.82) is 0 Å². The number of hydrogen-bond acceptors (Lipinski definition) is 2. The molecule has 0 N–H and O–H groups in total. The van der Waals surface area contributed by atoms with Crippen molar-refractivity contribution in [3.05, 3.63) is 46.8 Å². The average Bonchev–Trinajstić information content (AvgIpc) is 2.52. The minimum absolute atomic E-state index is 0.111. The van der Waals surface area contributed by atoms with Crippen LogP contribution in [0.25, 0.3) is 0 Å². The maximum Gasteiger partial charge on any atom is 0.0913 e. The van der Waals surface area contributed by atoms with E-state index in [0.29, 0.717) is 0 Å². The molecule has 0 amide bonds. The first-order valence-electron chi connectivity index (χ1n) is 9.39. The summed E-state index contributed by atoms with van der Waals surface area (Å²) in [5.74, 6) is 0. The van der Waals surface area contributed by atoms with Crippen molar-refractivity contribution in [3.63, 3.8) is 0 Å². The lowest BCUT2D eigenvalue weighted by molar-refractivity contribution is 0.0150. The van der Waals surface area contributed by atoms with Gasteiger partial charge in [0.05, 0.1) is 19.5 Å². The fourth-order valence-corrected chi connectivity index (χ4v) is 13.1. The van der Waals surface area contributed by atoms with Crippen molar-refractivity contribution >= 4 is 16.6 Å². The molecule has 134 valence electrons. The van der Waals surface area contributed by atoms with Crippen LogP contribution in [0.15, 0.2) is 46.8 Å². The predicted octanol–water partition coefficient (Wildman–Crippen LogP) is 4.22. The van der Waals surface area contributed by atoms with Crippen LogP contribution in [0.3, 0.4) is 0 Å². The highest BCUT2D eigenvalue weighted by molar-refractivity contribution is 7.28. The van der Waals surface area contributed by atoms with E-state index >= 15 is 0 Å². The minimum atomic E-state index is -1.05. The van der Waals surface area contributed by atoms with Crippen LogP contribution in [0.2, 0.25) is 13.1 Å². The van der Waals surface area contributed by atoms with E-state index < -0.39 is 16.6 Å². The second-order valence-electron chi connectivity index (χ2n) is 7.70. The van der Waals surface area contributed by atoms with E-state index in [1.165, 1.54) is 0 Å². The first-order chi connectivity index (χ1) is 11.3. The van der Waals surface area contributed by atoms with Gasteiger partial charge in [-0.25, -0.2) is 0 Å². The molecule has 0 fully saturated rings. The predicted molar refractivity (Wildman–Crippen MR) is 110 cm³/mol. The van der Waals surface area contributed by atoms with Gasteiger partial charge in [0.2, 0.25) is 0 Å². The second kappa shape index (κ2) is 8.13. The Labute approximate surface area is 151 Å². The highest BCUT2D eigenvalue weighted by Crippen LogP contribution is 2.31. The number of rotatable bonds is 7. The smallest absolute Gasteiger partial charge is 0.0913 e. The van der Waals surface area contributed by atoms with Crippen LogP contribution < -0.4 is 0 Å². The van der Waals surface area contributed by atoms with E-state index in [4.69, 9.17) is 9.47 Å². The Morgan fingerprint density at radius 3 is 1.54 bits per heavy atom. The summed E-state index contributed by atoms with van der Waals surface area (Å²) in [6, 6.07) is 0. The SMILES string of the molecule is CCOC1(C)C=CC([SiH](C2=CCC(C)(OCC)C=C2)[SiH](C)C)=CC1. The third-order valence-electron chi connectivity index (χ3n) is 5.08. The Kier molecular flexibility index (Phi) is 6.65. The Morgan fingerprint density at radius 2 is 1.29 bits per heavy atom. The molecule has 0 aromatic rings. The zero-order chi connectivity index (χ0) is 17.8. The van der Waals surface area contributed by atoms with Gasteiger partial charge in [0.25, 0.3) is 0 Å². The molecule has 2 nitrogen and oxygen atoms in total. The quantitative estimate of drug-likeness (QED) is 0.631. The van der Waals surface area contributed by atoms with Crippen molar-refractivity contribution in [2.24, 2.45) is 0 Å². The zero-order valence-electron chi connectivity index (χ0n) is 16.3. The molecule has 24 heavy (non-hydrogen) atoms. The second-order valence-corrected chi connectivity index (χ2v) is 18.5. The number of ether oxygens (including phenoxy) is 2. The fraction of sp³-hybridized carbons (Fsp3) is 0.600. The number of allylic oxidation sites excluding steroid dienone is 4. The molecular weight excluding hydrogens is 328 g/mol. The van der Waals surface area contributed by atoms with Gasteiger partial charge in [-0.1, -0.05) is 59.9 Å². The van der Waals surface area contributed by atoms with Gasteiger partial charge >= 0.3 is 0 Å². The lowest BCUT2D eigenvalue weighted by atomic mass is 9.97. The van der Waals surface area contributed by atoms with E-state index in [9.17, 15) is 0 Å². The monoisotopic (exact) mass is 362 g/mol. The minimum Gasteiger partial charge on any atom is -0.371 e. The molecule has 0 bridgehead atoms. The Bertz CT molecular complexity index is 516. The standard InChI is InChI=1S/C20H34O2Si2/c1-7-21-19(3)13-9-17(10-14-19)24(23(5)6)18-11-15-20(4,16-12-18)22-8-2/h9-13,15,23-24H,7-8,14,16H2,1-6H3. The molecule has 2 atom stereocenters. The lowest BCUT2D eigenvalue weighted by Crippen LogP contribution is -2.38. The van der Waals surface area contributed by atoms with Crippen molar-refractivity contribution in [2.75, 3.05) is 13.2 Å². The fourth-order valence-electron chi connectivity index (χ4n) is 3.76. The van der Waals surface area contributed by atoms with Crippen molar-refractivity contribution < 1.29 is 9.47 Å². The van der Waals surface area contributed by atoms with Crippen LogP contribution in [0.4, 0.5) is 0 Å². The Morgan fingerprint density at radius 1 is 0.875 bits per heavy atom. The van der Waals surface area contributed by atoms with Crippen molar-refractivity contribution in [1.82, 2.24) is 0 Å².